The molecule has 0 saturated carbocycles. The van der Waals surface area contributed by atoms with Gasteiger partial charge in [-0.05, 0) is 6.16 Å². The maximum atomic E-state index is 9.63. The summed E-state index contributed by atoms with van der Waals surface area (Å²) in [5.74, 6) is -4.12. The molecule has 4 radical (unpaired) electrons. The first-order valence-electron chi connectivity index (χ1n) is 2.86. The number of carboxylic acids is 2. The number of hydrogen-bond acceptors (Lipinski definition) is 9. The first kappa shape index (κ1) is 24.8. The third-order valence-corrected chi connectivity index (χ3v) is 0.782. The van der Waals surface area contributed by atoms with E-state index in [4.69, 9.17) is 25.2 Å². The molecule has 0 aromatic heterocycles. The minimum atomic E-state index is -2.44. The van der Waals surface area contributed by atoms with Crippen molar-refractivity contribution in [2.45, 2.75) is 12.2 Å². The number of hydrogen-bond donors (Lipinski definition) is 2. The zero-order valence-electron chi connectivity index (χ0n) is 7.41. The maximum Gasteiger partial charge on any atom is 2.00 e. The normalized spacial score (nSPS) is 11.4. The Morgan fingerprint density at radius 2 is 0.875 bits per heavy atom. The van der Waals surface area contributed by atoms with Gasteiger partial charge < -0.3 is 45.0 Å². The monoisotopic (exact) mass is 448 g/mol. The van der Waals surface area contributed by atoms with Gasteiger partial charge in [0.1, 0.15) is 12.2 Å². The van der Waals surface area contributed by atoms with E-state index in [9.17, 15) is 19.8 Å². The summed E-state index contributed by atoms with van der Waals surface area (Å²) in [7, 11) is 0. The molecule has 0 aromatic carbocycles. The number of carboxylic acid groups (broad SMARTS) is 4. The van der Waals surface area contributed by atoms with E-state index in [2.05, 4.69) is 0 Å². The molecule has 2 N–H and O–H groups in total. The Morgan fingerprint density at radius 3 is 0.938 bits per heavy atom. The van der Waals surface area contributed by atoms with Crippen molar-refractivity contribution in [1.82, 2.24) is 0 Å². The topological polar surface area (TPSA) is 184 Å². The van der Waals surface area contributed by atoms with Crippen molar-refractivity contribution in [3.05, 3.63) is 0 Å². The predicted octanol–water partition coefficient (Wildman–Crippen LogP) is -8.00. The van der Waals surface area contributed by atoms with Crippen LogP contribution >= 0.6 is 0 Å². The van der Waals surface area contributed by atoms with Crippen LogP contribution in [-0.2, 0) is 9.59 Å². The number of aliphatic hydroxyl groups is 2. The molecule has 0 fully saturated rings. The van der Waals surface area contributed by atoms with E-state index in [-0.39, 0.29) is 47.8 Å². The molecule has 0 bridgehead atoms. The molecule has 0 rings (SSSR count). The van der Waals surface area contributed by atoms with Gasteiger partial charge in [0.2, 0.25) is 0 Å². The molecule has 11 heteroatoms. The number of aliphatic carboxylic acids is 2. The molecule has 0 aliphatic rings. The molecular formula is C5H4O9Sn2. The van der Waals surface area contributed by atoms with Crippen LogP contribution in [0, 0.1) is 0 Å². The largest absolute Gasteiger partial charge is 2.00 e. The van der Waals surface area contributed by atoms with Crippen LogP contribution in [0.4, 0.5) is 4.79 Å². The number of carbonyl (C=O) groups is 3. The van der Waals surface area contributed by atoms with Crippen LogP contribution in [0.2, 0.25) is 0 Å². The minimum absolute atomic E-state index is 0. The number of aliphatic hydroxyl groups excluding tert-OH is 2. The molecular weight excluding hydrogens is 441 g/mol. The molecule has 0 heterocycles. The number of rotatable bonds is 3. The molecule has 0 spiro atoms. The SMILES string of the molecule is O=C([O-])C(O)C(O)C(=O)[O-].O=C([O-])[O-].[Sn+2].[Sn+2]. The van der Waals surface area contributed by atoms with E-state index in [1.807, 2.05) is 0 Å². The van der Waals surface area contributed by atoms with Crippen molar-refractivity contribution >= 4 is 65.9 Å². The van der Waals surface area contributed by atoms with Crippen molar-refractivity contribution in [2.75, 3.05) is 0 Å². The van der Waals surface area contributed by atoms with Gasteiger partial charge >= 0.3 is 47.8 Å². The Bertz CT molecular complexity index is 208. The van der Waals surface area contributed by atoms with Crippen LogP contribution in [0.15, 0.2) is 0 Å². The Balaban J connectivity index is -0.000000105. The van der Waals surface area contributed by atoms with Crippen molar-refractivity contribution < 1.29 is 45.0 Å². The fourth-order valence-corrected chi connectivity index (χ4v) is 0.258. The van der Waals surface area contributed by atoms with E-state index in [1.165, 1.54) is 0 Å². The van der Waals surface area contributed by atoms with Crippen LogP contribution < -0.4 is 20.4 Å². The molecule has 86 valence electrons. The summed E-state index contributed by atoms with van der Waals surface area (Å²) >= 11 is 0. The van der Waals surface area contributed by atoms with Gasteiger partial charge in [-0.15, -0.1) is 0 Å². The second-order valence-electron chi connectivity index (χ2n) is 1.78. The zero-order valence-corrected chi connectivity index (χ0v) is 13.1. The average Bonchev–Trinajstić information content (AvgIpc) is 2.00. The summed E-state index contributed by atoms with van der Waals surface area (Å²) in [5.41, 5.74) is 0. The first-order chi connectivity index (χ1) is 6.20. The third-order valence-electron chi connectivity index (χ3n) is 0.782. The predicted molar refractivity (Wildman–Crippen MR) is 38.9 cm³/mol. The minimum Gasteiger partial charge on any atom is -0.652 e. The van der Waals surface area contributed by atoms with E-state index < -0.39 is 30.3 Å². The Labute approximate surface area is 123 Å². The van der Waals surface area contributed by atoms with Crippen LogP contribution in [0.3, 0.4) is 0 Å². The smallest absolute Gasteiger partial charge is 0.652 e. The quantitative estimate of drug-likeness (QED) is 0.398. The van der Waals surface area contributed by atoms with E-state index in [0.29, 0.717) is 0 Å². The van der Waals surface area contributed by atoms with Gasteiger partial charge in [-0.1, -0.05) is 0 Å². The van der Waals surface area contributed by atoms with Gasteiger partial charge in [0.15, 0.2) is 0 Å². The maximum absolute atomic E-state index is 9.63. The fourth-order valence-electron chi connectivity index (χ4n) is 0.258. The number of carbonyl (C=O) groups excluding carboxylic acids is 3. The standard InChI is InChI=1S/C4H6O6.CH2O3.2Sn/c5-1(3(7)8)2(6)4(9)10;2-1(3)4;;/h1-2,5-6H,(H,7,8)(H,9,10);(H2,2,3,4);;/q;;2*+2/p-4. The van der Waals surface area contributed by atoms with Gasteiger partial charge in [-0.25, -0.2) is 0 Å². The van der Waals surface area contributed by atoms with Crippen LogP contribution in [0.5, 0.6) is 0 Å². The molecule has 0 amide bonds. The van der Waals surface area contributed by atoms with E-state index in [1.54, 1.807) is 0 Å². The fraction of sp³-hybridized carbons (Fsp3) is 0.400. The summed E-state index contributed by atoms with van der Waals surface area (Å²) in [6.45, 7) is 0. The van der Waals surface area contributed by atoms with Crippen LogP contribution in [-0.4, -0.2) is 88.3 Å². The summed E-state index contributed by atoms with van der Waals surface area (Å²) in [6.07, 6.45) is -7.21. The van der Waals surface area contributed by atoms with Crippen molar-refractivity contribution in [3.8, 4) is 0 Å². The molecule has 0 aromatic rings. The van der Waals surface area contributed by atoms with Gasteiger partial charge in [-0.2, -0.15) is 0 Å². The molecule has 9 nitrogen and oxygen atoms in total. The van der Waals surface area contributed by atoms with Gasteiger partial charge in [0, 0.05) is 0 Å². The van der Waals surface area contributed by atoms with Crippen molar-refractivity contribution in [2.24, 2.45) is 0 Å². The van der Waals surface area contributed by atoms with Crippen LogP contribution in [0.25, 0.3) is 0 Å². The Morgan fingerprint density at radius 1 is 0.750 bits per heavy atom. The summed E-state index contributed by atoms with van der Waals surface area (Å²) in [5, 5.41) is 52.4. The van der Waals surface area contributed by atoms with Gasteiger partial charge in [0.25, 0.3) is 0 Å². The van der Waals surface area contributed by atoms with Crippen molar-refractivity contribution in [3.63, 3.8) is 0 Å². The van der Waals surface area contributed by atoms with E-state index in [0.717, 1.165) is 0 Å². The second-order valence-corrected chi connectivity index (χ2v) is 1.78. The van der Waals surface area contributed by atoms with Gasteiger partial charge in [0.05, 0.1) is 11.9 Å². The third kappa shape index (κ3) is 16.2. The average molecular weight is 445 g/mol. The van der Waals surface area contributed by atoms with E-state index >= 15 is 0 Å². The first-order valence-corrected chi connectivity index (χ1v) is 2.86. The molecule has 0 saturated heterocycles. The molecule has 0 aliphatic heterocycles. The molecule has 2 unspecified atom stereocenters. The molecule has 2 atom stereocenters. The van der Waals surface area contributed by atoms with Crippen LogP contribution in [0.1, 0.15) is 0 Å². The summed E-state index contributed by atoms with van der Waals surface area (Å²) in [4.78, 5) is 27.6. The zero-order chi connectivity index (χ0) is 11.9. The Kier molecular flexibility index (Phi) is 19.8. The second kappa shape index (κ2) is 12.8. The van der Waals surface area contributed by atoms with Crippen molar-refractivity contribution in [1.29, 1.82) is 0 Å². The molecule has 16 heavy (non-hydrogen) atoms. The summed E-state index contributed by atoms with van der Waals surface area (Å²) < 4.78 is 0. The van der Waals surface area contributed by atoms with Gasteiger partial charge in [-0.3, -0.25) is 0 Å². The summed E-state index contributed by atoms with van der Waals surface area (Å²) in [6, 6.07) is 0. The Hall–Kier alpha value is -0.273. The molecule has 0 aliphatic carbocycles.